The van der Waals surface area contributed by atoms with E-state index in [1.165, 1.54) is 89.0 Å². The van der Waals surface area contributed by atoms with Crippen LogP contribution in [0.15, 0.2) is 58.4 Å². The van der Waals surface area contributed by atoms with Crippen LogP contribution in [0.5, 0.6) is 0 Å². The van der Waals surface area contributed by atoms with E-state index >= 15 is 0 Å². The lowest BCUT2D eigenvalue weighted by Gasteiger charge is -2.16. The molecule has 0 bridgehead atoms. The zero-order chi connectivity index (χ0) is 41.3. The molecule has 4 aliphatic rings. The number of aromatic nitrogens is 1. The van der Waals surface area contributed by atoms with Crippen molar-refractivity contribution in [1.82, 2.24) is 10.3 Å². The summed E-state index contributed by atoms with van der Waals surface area (Å²) in [5.41, 5.74) is 33.2. The van der Waals surface area contributed by atoms with Crippen molar-refractivity contribution in [3.8, 4) is 0 Å². The number of H-pyrrole nitrogens is 1. The van der Waals surface area contributed by atoms with Crippen molar-refractivity contribution >= 4 is 51.6 Å². The highest BCUT2D eigenvalue weighted by Crippen LogP contribution is 2.43. The third kappa shape index (κ3) is 5.43. The number of rotatable bonds is 1. The van der Waals surface area contributed by atoms with Crippen LogP contribution in [0, 0.1) is 83.1 Å². The summed E-state index contributed by atoms with van der Waals surface area (Å²) in [5, 5.41) is 5.82. The van der Waals surface area contributed by atoms with Crippen molar-refractivity contribution < 1.29 is 0 Å². The van der Waals surface area contributed by atoms with Gasteiger partial charge in [-0.2, -0.15) is 0 Å². The van der Waals surface area contributed by atoms with Crippen molar-refractivity contribution in [1.29, 1.82) is 0 Å². The Bertz CT molecular complexity index is 2850. The molecular formula is C49H56N8. The van der Waals surface area contributed by atoms with Gasteiger partial charge in [-0.15, -0.1) is 0 Å². The fourth-order valence-corrected chi connectivity index (χ4v) is 9.61. The first-order valence-electron chi connectivity index (χ1n) is 20.2. The average Bonchev–Trinajstić information content (AvgIpc) is 3.93. The molecule has 1 aliphatic carbocycles. The molecule has 4 aromatic rings. The van der Waals surface area contributed by atoms with Gasteiger partial charge in [-0.25, -0.2) is 20.0 Å². The van der Waals surface area contributed by atoms with Gasteiger partial charge in [0.1, 0.15) is 23.3 Å². The summed E-state index contributed by atoms with van der Waals surface area (Å²) in [6, 6.07) is 0. The summed E-state index contributed by atoms with van der Waals surface area (Å²) >= 11 is 0. The smallest absolute Gasteiger partial charge is 0.165 e. The number of aryl methyl sites for hydroxylation is 2. The first-order valence-corrected chi connectivity index (χ1v) is 20.2. The largest absolute Gasteiger partial charge is 0.385 e. The molecule has 0 saturated heterocycles. The second-order valence-corrected chi connectivity index (χ2v) is 17.0. The van der Waals surface area contributed by atoms with Gasteiger partial charge in [-0.05, 0) is 201 Å². The first kappa shape index (κ1) is 38.3. The summed E-state index contributed by atoms with van der Waals surface area (Å²) in [6.07, 6.45) is 0.834. The van der Waals surface area contributed by atoms with Crippen LogP contribution in [0.4, 0.5) is 11.6 Å². The molecule has 1 aromatic heterocycles. The highest BCUT2D eigenvalue weighted by molar-refractivity contribution is 6.34. The molecule has 4 heterocycles. The molecule has 8 heteroatoms. The number of anilines is 1. The number of nitrogen functional groups attached to an aromatic ring is 1. The lowest BCUT2D eigenvalue weighted by molar-refractivity contribution is 1.06. The highest BCUT2D eigenvalue weighted by atomic mass is 15.2. The molecule has 292 valence electrons. The summed E-state index contributed by atoms with van der Waals surface area (Å²) in [5.74, 6) is 4.94. The molecule has 0 amide bonds. The minimum Gasteiger partial charge on any atom is -0.385 e. The van der Waals surface area contributed by atoms with E-state index in [0.717, 1.165) is 73.9 Å². The normalized spacial score (nSPS) is 18.7. The summed E-state index contributed by atoms with van der Waals surface area (Å²) in [7, 11) is 0. The van der Waals surface area contributed by atoms with Crippen LogP contribution in [0.3, 0.4) is 0 Å². The number of aliphatic imine (C=N–C) groups is 5. The lowest BCUT2D eigenvalue weighted by Crippen LogP contribution is -2.25. The fraction of sp³-hybridized carbons (Fsp3) is 0.367. The van der Waals surface area contributed by atoms with Crippen LogP contribution in [0.1, 0.15) is 123 Å². The number of benzene rings is 3. The maximum atomic E-state index is 6.70. The standard InChI is InChI=1S/C49H56N8/c1-19-17-20(2)36-39(29(11)21(19)3)47(55-45(36)54-46-40-32(14)25(7)24(6)31(13)38(40)43(50)52-46)56-49-42-34(16)27(9)26(8)33(15)41(42)48(57-49)53-44-37-30(12)23(5)22(4)28(10)35(37)18-51-44/h52H,17-18,50H2,1-16H3,(H,51,53,54,55,56,57). The minimum atomic E-state index is 0.627. The van der Waals surface area contributed by atoms with Crippen LogP contribution in [0.25, 0.3) is 10.8 Å². The van der Waals surface area contributed by atoms with E-state index in [0.29, 0.717) is 24.0 Å². The van der Waals surface area contributed by atoms with Gasteiger partial charge in [-0.1, -0.05) is 11.1 Å². The third-order valence-corrected chi connectivity index (χ3v) is 14.4. The highest BCUT2D eigenvalue weighted by Gasteiger charge is 2.36. The van der Waals surface area contributed by atoms with Gasteiger partial charge in [0.2, 0.25) is 0 Å². The van der Waals surface area contributed by atoms with Gasteiger partial charge >= 0.3 is 0 Å². The molecule has 8 nitrogen and oxygen atoms in total. The number of hydrogen-bond donors (Lipinski definition) is 3. The maximum Gasteiger partial charge on any atom is 0.165 e. The quantitative estimate of drug-likeness (QED) is 0.179. The number of nitrogens with one attached hydrogen (secondary N) is 2. The van der Waals surface area contributed by atoms with Crippen LogP contribution in [0.2, 0.25) is 0 Å². The van der Waals surface area contributed by atoms with Crippen LogP contribution in [-0.4, -0.2) is 34.2 Å². The number of hydrogen-bond acceptors (Lipinski definition) is 5. The predicted molar refractivity (Wildman–Crippen MR) is 242 cm³/mol. The Balaban J connectivity index is 1.36. The van der Waals surface area contributed by atoms with Gasteiger partial charge in [0.25, 0.3) is 0 Å². The Morgan fingerprint density at radius 3 is 1.60 bits per heavy atom. The molecule has 8 rings (SSSR count). The van der Waals surface area contributed by atoms with Crippen molar-refractivity contribution in [2.75, 3.05) is 5.73 Å². The van der Waals surface area contributed by atoms with Gasteiger partial charge < -0.3 is 16.0 Å². The monoisotopic (exact) mass is 756 g/mol. The maximum absolute atomic E-state index is 6.70. The van der Waals surface area contributed by atoms with Gasteiger partial charge in [0, 0.05) is 38.6 Å². The second kappa shape index (κ2) is 13.2. The van der Waals surface area contributed by atoms with E-state index in [1.807, 2.05) is 0 Å². The molecule has 0 fully saturated rings. The molecule has 3 aliphatic heterocycles. The Hall–Kier alpha value is -5.63. The Labute approximate surface area is 337 Å². The Morgan fingerprint density at radius 1 is 0.491 bits per heavy atom. The molecule has 3 aromatic carbocycles. The second-order valence-electron chi connectivity index (χ2n) is 17.0. The van der Waals surface area contributed by atoms with Crippen LogP contribution < -0.4 is 11.1 Å². The number of amidine groups is 5. The van der Waals surface area contributed by atoms with E-state index in [-0.39, 0.29) is 0 Å². The zero-order valence-electron chi connectivity index (χ0n) is 36.7. The van der Waals surface area contributed by atoms with Crippen LogP contribution >= 0.6 is 0 Å². The summed E-state index contributed by atoms with van der Waals surface area (Å²) < 4.78 is 0. The van der Waals surface area contributed by atoms with Crippen molar-refractivity contribution in [3.63, 3.8) is 0 Å². The van der Waals surface area contributed by atoms with Gasteiger partial charge in [0.05, 0.1) is 6.54 Å². The number of nitrogens with two attached hydrogens (primary N) is 1. The number of allylic oxidation sites excluding steroid dienone is 4. The Kier molecular flexibility index (Phi) is 8.87. The third-order valence-electron chi connectivity index (χ3n) is 14.4. The van der Waals surface area contributed by atoms with Crippen LogP contribution in [-0.2, 0) is 6.54 Å². The van der Waals surface area contributed by atoms with Crippen molar-refractivity contribution in [2.45, 2.75) is 124 Å². The topological polar surface area (TPSA) is 116 Å². The summed E-state index contributed by atoms with van der Waals surface area (Å²) in [6.45, 7) is 35.8. The predicted octanol–water partition coefficient (Wildman–Crippen LogP) is 11.0. The Morgan fingerprint density at radius 2 is 1.00 bits per heavy atom. The van der Waals surface area contributed by atoms with Crippen molar-refractivity contribution in [3.05, 3.63) is 122 Å². The van der Waals surface area contributed by atoms with E-state index in [9.17, 15) is 0 Å². The van der Waals surface area contributed by atoms with E-state index in [1.54, 1.807) is 0 Å². The van der Waals surface area contributed by atoms with E-state index in [4.69, 9.17) is 30.7 Å². The molecule has 0 radical (unpaired) electrons. The number of nitrogens with zero attached hydrogens (tertiary/aromatic N) is 5. The summed E-state index contributed by atoms with van der Waals surface area (Å²) in [4.78, 5) is 30.1. The first-order chi connectivity index (χ1) is 26.8. The zero-order valence-corrected chi connectivity index (χ0v) is 36.7. The molecule has 4 N–H and O–H groups in total. The lowest BCUT2D eigenvalue weighted by atomic mass is 9.89. The molecule has 57 heavy (non-hydrogen) atoms. The number of aromatic amines is 1. The van der Waals surface area contributed by atoms with E-state index < -0.39 is 0 Å². The fourth-order valence-electron chi connectivity index (χ4n) is 9.61. The molecule has 0 atom stereocenters. The van der Waals surface area contributed by atoms with Crippen molar-refractivity contribution in [2.24, 2.45) is 25.0 Å². The number of fused-ring (bicyclic) bond motifs is 4. The molecular weight excluding hydrogens is 701 g/mol. The molecule has 0 unspecified atom stereocenters. The average molecular weight is 757 g/mol. The van der Waals surface area contributed by atoms with Gasteiger partial charge in [0.15, 0.2) is 17.5 Å². The molecule has 0 spiro atoms. The molecule has 0 saturated carbocycles. The SMILES string of the molecule is CC1=C(C)C(C)=C2C(N=C3NC(=NC4=NCc5c(C)c(C)c(C)c(C)c54)c4c(C)c(C)c(C)c(C)c43)=N/C(=N\c3[nH]c(N)c4c(C)c(C)c(C)c(C)c34)C2=C(C)C1. The van der Waals surface area contributed by atoms with Gasteiger partial charge in [-0.3, -0.25) is 4.99 Å². The minimum absolute atomic E-state index is 0.627. The van der Waals surface area contributed by atoms with E-state index in [2.05, 4.69) is 121 Å².